The van der Waals surface area contributed by atoms with Gasteiger partial charge in [-0.3, -0.25) is 9.98 Å². The fraction of sp³-hybridized carbons (Fsp3) is 0.250. The molecule has 6 nitrogen and oxygen atoms in total. The van der Waals surface area contributed by atoms with Gasteiger partial charge in [0, 0.05) is 25.1 Å². The standard InChI is InChI=1S/C20H22N2O4/c1-25-19(23)17-7-3-15(4-8-17)13-21-11-12-22-14-16-5-9-18(10-6-16)20(24)26-2/h3-10,13-14,19,23H,11-12H2,1-2H3/b21-13+,22-14+. The van der Waals surface area contributed by atoms with Gasteiger partial charge in [-0.15, -0.1) is 0 Å². The van der Waals surface area contributed by atoms with E-state index in [1.54, 1.807) is 36.7 Å². The predicted molar refractivity (Wildman–Crippen MR) is 101 cm³/mol. The Morgan fingerprint density at radius 1 is 0.962 bits per heavy atom. The van der Waals surface area contributed by atoms with E-state index in [9.17, 15) is 9.90 Å². The summed E-state index contributed by atoms with van der Waals surface area (Å²) in [5.41, 5.74) is 3.07. The molecule has 26 heavy (non-hydrogen) atoms. The molecule has 0 saturated carbocycles. The number of rotatable bonds is 8. The summed E-state index contributed by atoms with van der Waals surface area (Å²) in [7, 11) is 2.81. The highest BCUT2D eigenvalue weighted by molar-refractivity contribution is 5.90. The van der Waals surface area contributed by atoms with Crippen LogP contribution in [0.25, 0.3) is 0 Å². The molecule has 2 aromatic carbocycles. The third-order valence-corrected chi connectivity index (χ3v) is 3.62. The van der Waals surface area contributed by atoms with Crippen LogP contribution < -0.4 is 0 Å². The van der Waals surface area contributed by atoms with Crippen LogP contribution in [0.1, 0.15) is 33.3 Å². The molecule has 0 heterocycles. The van der Waals surface area contributed by atoms with Crippen molar-refractivity contribution in [1.82, 2.24) is 0 Å². The van der Waals surface area contributed by atoms with Crippen molar-refractivity contribution >= 4 is 18.4 Å². The van der Waals surface area contributed by atoms with Crippen molar-refractivity contribution < 1.29 is 19.4 Å². The van der Waals surface area contributed by atoms with E-state index in [2.05, 4.69) is 14.7 Å². The molecule has 0 aliphatic heterocycles. The topological polar surface area (TPSA) is 80.5 Å². The molecule has 0 fully saturated rings. The summed E-state index contributed by atoms with van der Waals surface area (Å²) in [6.45, 7) is 1.13. The summed E-state index contributed by atoms with van der Waals surface area (Å²) in [4.78, 5) is 20.0. The van der Waals surface area contributed by atoms with Gasteiger partial charge in [0.2, 0.25) is 0 Å². The van der Waals surface area contributed by atoms with Crippen LogP contribution >= 0.6 is 0 Å². The molecule has 0 saturated heterocycles. The first-order valence-corrected chi connectivity index (χ1v) is 8.13. The molecule has 0 amide bonds. The van der Waals surface area contributed by atoms with Crippen molar-refractivity contribution in [3.63, 3.8) is 0 Å². The Balaban J connectivity index is 1.78. The molecular formula is C20H22N2O4. The Bertz CT molecular complexity index is 752. The van der Waals surface area contributed by atoms with E-state index < -0.39 is 6.29 Å². The highest BCUT2D eigenvalue weighted by Crippen LogP contribution is 2.13. The number of esters is 1. The molecular weight excluding hydrogens is 332 g/mol. The van der Waals surface area contributed by atoms with Gasteiger partial charge >= 0.3 is 5.97 Å². The smallest absolute Gasteiger partial charge is 0.337 e. The van der Waals surface area contributed by atoms with Crippen molar-refractivity contribution in [1.29, 1.82) is 0 Å². The minimum absolute atomic E-state index is 0.354. The average Bonchev–Trinajstić information content (AvgIpc) is 2.70. The third kappa shape index (κ3) is 5.91. The zero-order valence-corrected chi connectivity index (χ0v) is 14.8. The van der Waals surface area contributed by atoms with Crippen LogP contribution in [0.2, 0.25) is 0 Å². The first-order chi connectivity index (χ1) is 12.6. The predicted octanol–water partition coefficient (Wildman–Crippen LogP) is 2.65. The van der Waals surface area contributed by atoms with E-state index in [-0.39, 0.29) is 5.97 Å². The number of hydrogen-bond donors (Lipinski definition) is 1. The molecule has 1 atom stereocenters. The lowest BCUT2D eigenvalue weighted by molar-refractivity contribution is -0.0769. The number of hydrogen-bond acceptors (Lipinski definition) is 6. The normalized spacial score (nSPS) is 12.6. The van der Waals surface area contributed by atoms with Gasteiger partial charge in [0.05, 0.1) is 25.8 Å². The van der Waals surface area contributed by atoms with Gasteiger partial charge in [0.1, 0.15) is 0 Å². The Labute approximate surface area is 152 Å². The van der Waals surface area contributed by atoms with E-state index in [1.165, 1.54) is 14.2 Å². The van der Waals surface area contributed by atoms with Crippen LogP contribution in [0.5, 0.6) is 0 Å². The minimum Gasteiger partial charge on any atom is -0.465 e. The molecule has 0 aliphatic carbocycles. The summed E-state index contributed by atoms with van der Waals surface area (Å²) in [6.07, 6.45) is 2.61. The maximum atomic E-state index is 11.4. The number of aliphatic imine (C=N–C) groups is 2. The summed E-state index contributed by atoms with van der Waals surface area (Å²) < 4.78 is 9.50. The second-order valence-corrected chi connectivity index (χ2v) is 5.44. The fourth-order valence-corrected chi connectivity index (χ4v) is 2.16. The summed E-state index contributed by atoms with van der Waals surface area (Å²) >= 11 is 0. The second-order valence-electron chi connectivity index (χ2n) is 5.44. The fourth-order valence-electron chi connectivity index (χ4n) is 2.16. The Kier molecular flexibility index (Phi) is 7.67. The molecule has 6 heteroatoms. The Morgan fingerprint density at radius 2 is 1.46 bits per heavy atom. The lowest BCUT2D eigenvalue weighted by atomic mass is 10.1. The van der Waals surface area contributed by atoms with Gasteiger partial charge in [-0.25, -0.2) is 4.79 Å². The Hall–Kier alpha value is -2.83. The minimum atomic E-state index is -0.906. The van der Waals surface area contributed by atoms with E-state index in [0.29, 0.717) is 24.2 Å². The number of ether oxygens (including phenoxy) is 2. The van der Waals surface area contributed by atoms with E-state index in [1.807, 2.05) is 24.3 Å². The zero-order valence-electron chi connectivity index (χ0n) is 14.8. The first-order valence-electron chi connectivity index (χ1n) is 8.13. The molecule has 1 N–H and O–H groups in total. The quantitative estimate of drug-likeness (QED) is 0.342. The maximum absolute atomic E-state index is 11.4. The van der Waals surface area contributed by atoms with E-state index in [0.717, 1.165) is 11.1 Å². The van der Waals surface area contributed by atoms with Gasteiger partial charge in [-0.05, 0) is 23.3 Å². The summed E-state index contributed by atoms with van der Waals surface area (Å²) in [6, 6.07) is 14.4. The average molecular weight is 354 g/mol. The number of carbonyl (C=O) groups is 1. The van der Waals surface area contributed by atoms with E-state index >= 15 is 0 Å². The van der Waals surface area contributed by atoms with Crippen LogP contribution in [0.4, 0.5) is 0 Å². The first kappa shape index (κ1) is 19.5. The number of nitrogens with zero attached hydrogens (tertiary/aromatic N) is 2. The highest BCUT2D eigenvalue weighted by atomic mass is 16.6. The number of benzene rings is 2. The third-order valence-electron chi connectivity index (χ3n) is 3.62. The highest BCUT2D eigenvalue weighted by Gasteiger charge is 2.04. The Morgan fingerprint density at radius 3 is 1.92 bits per heavy atom. The van der Waals surface area contributed by atoms with Crippen molar-refractivity contribution in [2.24, 2.45) is 9.98 Å². The number of methoxy groups -OCH3 is 2. The van der Waals surface area contributed by atoms with Crippen molar-refractivity contribution in [3.8, 4) is 0 Å². The van der Waals surface area contributed by atoms with Crippen molar-refractivity contribution in [2.45, 2.75) is 6.29 Å². The molecule has 0 spiro atoms. The lowest BCUT2D eigenvalue weighted by Gasteiger charge is -2.07. The molecule has 0 radical (unpaired) electrons. The van der Waals surface area contributed by atoms with Crippen molar-refractivity contribution in [3.05, 3.63) is 70.8 Å². The molecule has 2 rings (SSSR count). The van der Waals surface area contributed by atoms with Crippen LogP contribution in [0, 0.1) is 0 Å². The molecule has 0 bridgehead atoms. The van der Waals surface area contributed by atoms with Gasteiger partial charge in [0.25, 0.3) is 0 Å². The van der Waals surface area contributed by atoms with Crippen molar-refractivity contribution in [2.75, 3.05) is 27.3 Å². The van der Waals surface area contributed by atoms with Crippen LogP contribution in [-0.2, 0) is 9.47 Å². The molecule has 1 unspecified atom stereocenters. The van der Waals surface area contributed by atoms with Crippen LogP contribution in [0.15, 0.2) is 58.5 Å². The molecule has 0 aliphatic rings. The van der Waals surface area contributed by atoms with Gasteiger partial charge in [-0.2, -0.15) is 0 Å². The maximum Gasteiger partial charge on any atom is 0.337 e. The zero-order chi connectivity index (χ0) is 18.8. The van der Waals surface area contributed by atoms with Gasteiger partial charge < -0.3 is 14.6 Å². The van der Waals surface area contributed by atoms with Crippen LogP contribution in [-0.4, -0.2) is 50.8 Å². The number of aliphatic hydroxyl groups is 1. The number of aliphatic hydroxyl groups excluding tert-OH is 1. The monoisotopic (exact) mass is 354 g/mol. The van der Waals surface area contributed by atoms with Gasteiger partial charge in [0.15, 0.2) is 6.29 Å². The second kappa shape index (κ2) is 10.2. The van der Waals surface area contributed by atoms with E-state index in [4.69, 9.17) is 4.74 Å². The molecule has 2 aromatic rings. The number of carbonyl (C=O) groups excluding carboxylic acids is 1. The summed E-state index contributed by atoms with van der Waals surface area (Å²) in [5, 5.41) is 9.55. The molecule has 136 valence electrons. The molecule has 0 aromatic heterocycles. The van der Waals surface area contributed by atoms with Crippen LogP contribution in [0.3, 0.4) is 0 Å². The van der Waals surface area contributed by atoms with Gasteiger partial charge in [-0.1, -0.05) is 36.4 Å². The summed E-state index contributed by atoms with van der Waals surface area (Å²) in [5.74, 6) is -0.354. The lowest BCUT2D eigenvalue weighted by Crippen LogP contribution is -2.00. The SMILES string of the molecule is COC(=O)c1ccc(/C=N/CC/N=C/c2ccc(C(O)OC)cc2)cc1. The largest absolute Gasteiger partial charge is 0.465 e.